The number of anilines is 1. The van der Waals surface area contributed by atoms with Crippen LogP contribution >= 0.6 is 0 Å². The minimum Gasteiger partial charge on any atom is -0.397 e. The molecule has 0 aliphatic carbocycles. The third-order valence-corrected chi connectivity index (χ3v) is 4.53. The van der Waals surface area contributed by atoms with Crippen molar-refractivity contribution < 1.29 is 17.7 Å². The molecule has 1 unspecified atom stereocenters. The van der Waals surface area contributed by atoms with E-state index in [4.69, 9.17) is 5.73 Å². The molecule has 9 heteroatoms. The van der Waals surface area contributed by atoms with Gasteiger partial charge in [0.05, 0.1) is 16.7 Å². The number of nitro groups is 1. The molecule has 20 heavy (non-hydrogen) atoms. The van der Waals surface area contributed by atoms with Crippen molar-refractivity contribution in [3.8, 4) is 0 Å². The first-order valence-electron chi connectivity index (χ1n) is 5.82. The van der Waals surface area contributed by atoms with E-state index in [1.807, 2.05) is 0 Å². The van der Waals surface area contributed by atoms with Gasteiger partial charge < -0.3 is 5.73 Å². The van der Waals surface area contributed by atoms with Gasteiger partial charge in [-0.15, -0.1) is 0 Å². The van der Waals surface area contributed by atoms with Gasteiger partial charge in [-0.05, 0) is 12.8 Å². The summed E-state index contributed by atoms with van der Waals surface area (Å²) in [4.78, 5) is 8.94. The van der Waals surface area contributed by atoms with Crippen LogP contribution in [0.3, 0.4) is 0 Å². The van der Waals surface area contributed by atoms with E-state index < -0.39 is 43.1 Å². The van der Waals surface area contributed by atoms with Gasteiger partial charge in [0.25, 0.3) is 5.69 Å². The summed E-state index contributed by atoms with van der Waals surface area (Å²) in [7, 11) is -4.18. The molecule has 0 saturated carbocycles. The van der Waals surface area contributed by atoms with E-state index in [0.29, 0.717) is 6.07 Å². The number of hydrogen-bond donors (Lipinski definition) is 2. The Balaban J connectivity index is 3.29. The molecule has 0 fully saturated rings. The third-order valence-electron chi connectivity index (χ3n) is 2.88. The third kappa shape index (κ3) is 3.42. The molecule has 0 amide bonds. The lowest BCUT2D eigenvalue weighted by atomic mass is 10.1. The zero-order chi connectivity index (χ0) is 15.7. The van der Waals surface area contributed by atoms with E-state index in [2.05, 4.69) is 4.72 Å². The molecule has 0 spiro atoms. The molecule has 0 heterocycles. The van der Waals surface area contributed by atoms with E-state index in [-0.39, 0.29) is 5.92 Å². The maximum atomic E-state index is 13.8. The van der Waals surface area contributed by atoms with Crippen molar-refractivity contribution >= 4 is 21.4 Å². The molecular weight excluding hydrogens is 289 g/mol. The quantitative estimate of drug-likeness (QED) is 0.487. The standard InChI is InChI=1S/C11H16FN3O4S/c1-6(2)7(3)14-20(18,19)11-9(12)4-8(15(16)17)5-10(11)13/h4-7,14H,13H2,1-3H3. The van der Waals surface area contributed by atoms with Gasteiger partial charge in [0.2, 0.25) is 10.0 Å². The van der Waals surface area contributed by atoms with Gasteiger partial charge in [-0.2, -0.15) is 0 Å². The summed E-state index contributed by atoms with van der Waals surface area (Å²) >= 11 is 0. The van der Waals surface area contributed by atoms with Crippen LogP contribution < -0.4 is 10.5 Å². The first-order valence-corrected chi connectivity index (χ1v) is 7.30. The number of nitrogen functional groups attached to an aromatic ring is 1. The number of halogens is 1. The van der Waals surface area contributed by atoms with Crippen molar-refractivity contribution in [3.63, 3.8) is 0 Å². The summed E-state index contributed by atoms with van der Waals surface area (Å²) in [5, 5.41) is 10.6. The monoisotopic (exact) mass is 305 g/mol. The second-order valence-electron chi connectivity index (χ2n) is 4.76. The average Bonchev–Trinajstić information content (AvgIpc) is 2.26. The molecule has 0 bridgehead atoms. The Morgan fingerprint density at radius 2 is 1.90 bits per heavy atom. The highest BCUT2D eigenvalue weighted by atomic mass is 32.2. The summed E-state index contributed by atoms with van der Waals surface area (Å²) in [6.07, 6.45) is 0. The van der Waals surface area contributed by atoms with Crippen LogP contribution in [-0.4, -0.2) is 19.4 Å². The first-order chi connectivity index (χ1) is 9.06. The molecule has 112 valence electrons. The molecule has 0 saturated heterocycles. The predicted molar refractivity (Wildman–Crippen MR) is 72.1 cm³/mol. The van der Waals surface area contributed by atoms with Gasteiger partial charge in [-0.1, -0.05) is 13.8 Å². The van der Waals surface area contributed by atoms with Gasteiger partial charge in [0.15, 0.2) is 5.82 Å². The SMILES string of the molecule is CC(C)C(C)NS(=O)(=O)c1c(N)cc([N+](=O)[O-])cc1F. The lowest BCUT2D eigenvalue weighted by Gasteiger charge is -2.18. The molecule has 0 radical (unpaired) electrons. The summed E-state index contributed by atoms with van der Waals surface area (Å²) in [5.74, 6) is -1.26. The summed E-state index contributed by atoms with van der Waals surface area (Å²) in [6, 6.07) is 0.914. The van der Waals surface area contributed by atoms with E-state index in [1.54, 1.807) is 20.8 Å². The van der Waals surface area contributed by atoms with E-state index in [0.717, 1.165) is 6.07 Å². The van der Waals surface area contributed by atoms with Crippen molar-refractivity contribution in [2.24, 2.45) is 5.92 Å². The summed E-state index contributed by atoms with van der Waals surface area (Å²) < 4.78 is 40.2. The molecular formula is C11H16FN3O4S. The molecule has 1 atom stereocenters. The Morgan fingerprint density at radius 3 is 2.30 bits per heavy atom. The number of sulfonamides is 1. The number of nitro benzene ring substituents is 1. The van der Waals surface area contributed by atoms with Gasteiger partial charge >= 0.3 is 0 Å². The highest BCUT2D eigenvalue weighted by molar-refractivity contribution is 7.89. The minimum absolute atomic E-state index is 0.00731. The normalized spacial score (nSPS) is 13.4. The second-order valence-corrected chi connectivity index (χ2v) is 6.41. The predicted octanol–water partition coefficient (Wildman–Crippen LogP) is 1.64. The highest BCUT2D eigenvalue weighted by Crippen LogP contribution is 2.27. The number of hydrogen-bond acceptors (Lipinski definition) is 5. The van der Waals surface area contributed by atoms with Crippen molar-refractivity contribution in [3.05, 3.63) is 28.1 Å². The summed E-state index contributed by atoms with van der Waals surface area (Å²) in [6.45, 7) is 5.22. The number of nitrogens with one attached hydrogen (secondary N) is 1. The van der Waals surface area contributed by atoms with Crippen LogP contribution in [0.25, 0.3) is 0 Å². The first kappa shape index (κ1) is 16.3. The molecule has 3 N–H and O–H groups in total. The van der Waals surface area contributed by atoms with Crippen LogP contribution in [0, 0.1) is 21.8 Å². The molecule has 1 rings (SSSR count). The molecule has 1 aromatic carbocycles. The Hall–Kier alpha value is -1.74. The smallest absolute Gasteiger partial charge is 0.274 e. The van der Waals surface area contributed by atoms with Crippen LogP contribution in [0.2, 0.25) is 0 Å². The van der Waals surface area contributed by atoms with Crippen LogP contribution in [0.4, 0.5) is 15.8 Å². The van der Waals surface area contributed by atoms with Crippen LogP contribution in [-0.2, 0) is 10.0 Å². The molecule has 7 nitrogen and oxygen atoms in total. The topological polar surface area (TPSA) is 115 Å². The molecule has 0 aliphatic heterocycles. The van der Waals surface area contributed by atoms with E-state index >= 15 is 0 Å². The van der Waals surface area contributed by atoms with Crippen LogP contribution in [0.1, 0.15) is 20.8 Å². The van der Waals surface area contributed by atoms with E-state index in [9.17, 15) is 22.9 Å². The fourth-order valence-electron chi connectivity index (χ4n) is 1.43. The summed E-state index contributed by atoms with van der Waals surface area (Å²) in [5.41, 5.74) is 4.33. The Labute approximate surface area is 116 Å². The number of nitrogens with zero attached hydrogens (tertiary/aromatic N) is 1. The van der Waals surface area contributed by atoms with E-state index in [1.165, 1.54) is 0 Å². The van der Waals surface area contributed by atoms with Crippen molar-refractivity contribution in [1.82, 2.24) is 4.72 Å². The maximum Gasteiger partial charge on any atom is 0.274 e. The van der Waals surface area contributed by atoms with Crippen LogP contribution in [0.5, 0.6) is 0 Å². The molecule has 1 aromatic rings. The number of nitrogens with two attached hydrogens (primary N) is 1. The average molecular weight is 305 g/mol. The lowest BCUT2D eigenvalue weighted by molar-refractivity contribution is -0.385. The van der Waals surface area contributed by atoms with Gasteiger partial charge in [0, 0.05) is 12.1 Å². The van der Waals surface area contributed by atoms with Gasteiger partial charge in [0.1, 0.15) is 4.90 Å². The van der Waals surface area contributed by atoms with Crippen molar-refractivity contribution in [1.29, 1.82) is 0 Å². The Morgan fingerprint density at radius 1 is 1.35 bits per heavy atom. The maximum absolute atomic E-state index is 13.8. The number of non-ortho nitro benzene ring substituents is 1. The number of benzene rings is 1. The van der Waals surface area contributed by atoms with Gasteiger partial charge in [-0.25, -0.2) is 17.5 Å². The largest absolute Gasteiger partial charge is 0.397 e. The lowest BCUT2D eigenvalue weighted by Crippen LogP contribution is -2.36. The Kier molecular flexibility index (Phi) is 4.66. The van der Waals surface area contributed by atoms with Crippen molar-refractivity contribution in [2.75, 3.05) is 5.73 Å². The second kappa shape index (κ2) is 5.71. The van der Waals surface area contributed by atoms with Gasteiger partial charge in [-0.3, -0.25) is 10.1 Å². The van der Waals surface area contributed by atoms with Crippen LogP contribution in [0.15, 0.2) is 17.0 Å². The zero-order valence-electron chi connectivity index (χ0n) is 11.3. The van der Waals surface area contributed by atoms with Crippen molar-refractivity contribution in [2.45, 2.75) is 31.7 Å². The molecule has 0 aliphatic rings. The Bertz CT molecular complexity index is 608. The highest BCUT2D eigenvalue weighted by Gasteiger charge is 2.27. The fourth-order valence-corrected chi connectivity index (χ4v) is 2.99. The molecule has 0 aromatic heterocycles. The zero-order valence-corrected chi connectivity index (χ0v) is 12.1. The fraction of sp³-hybridized carbons (Fsp3) is 0.455. The minimum atomic E-state index is -4.18. The number of rotatable bonds is 5.